The molecule has 0 unspecified atom stereocenters. The number of hydrogen-bond acceptors (Lipinski definition) is 2. The molecule has 0 aliphatic rings. The molecule has 1 amide bonds. The second-order valence-electron chi connectivity index (χ2n) is 5.45. The molecule has 0 bridgehead atoms. The summed E-state index contributed by atoms with van der Waals surface area (Å²) in [4.78, 5) is 11.7. The second kappa shape index (κ2) is 6.62. The van der Waals surface area contributed by atoms with Crippen LogP contribution in [0.3, 0.4) is 0 Å². The first kappa shape index (κ1) is 16.3. The predicted molar refractivity (Wildman–Crippen MR) is 81.7 cm³/mol. The molecule has 0 spiro atoms. The second-order valence-corrected chi connectivity index (χ2v) is 6.71. The minimum Gasteiger partial charge on any atom is -0.444 e. The van der Waals surface area contributed by atoms with Crippen molar-refractivity contribution < 1.29 is 9.53 Å². The minimum atomic E-state index is -0.491. The SMILES string of the molecule is C[C@@H](Cc1c(Cl)cccc1Br)NC(=O)OC(C)(C)C. The van der Waals surface area contributed by atoms with Crippen LogP contribution in [0.2, 0.25) is 5.02 Å². The van der Waals surface area contributed by atoms with Crippen LogP contribution in [-0.2, 0) is 11.2 Å². The zero-order valence-electron chi connectivity index (χ0n) is 11.6. The van der Waals surface area contributed by atoms with Crippen LogP contribution in [0, 0.1) is 0 Å². The maximum Gasteiger partial charge on any atom is 0.407 e. The standard InChI is InChI=1S/C14H19BrClNO2/c1-9(17-13(18)19-14(2,3)4)8-10-11(15)6-5-7-12(10)16/h5-7,9H,8H2,1-4H3,(H,17,18)/t9-/m0/s1. The molecule has 1 aromatic rings. The molecule has 106 valence electrons. The molecule has 1 aromatic carbocycles. The smallest absolute Gasteiger partial charge is 0.407 e. The van der Waals surface area contributed by atoms with Crippen molar-refractivity contribution >= 4 is 33.6 Å². The number of amides is 1. The highest BCUT2D eigenvalue weighted by Crippen LogP contribution is 2.25. The molecule has 0 saturated heterocycles. The molecular weight excluding hydrogens is 330 g/mol. The molecule has 0 aliphatic heterocycles. The van der Waals surface area contributed by atoms with E-state index >= 15 is 0 Å². The van der Waals surface area contributed by atoms with Gasteiger partial charge in [0.05, 0.1) is 0 Å². The summed E-state index contributed by atoms with van der Waals surface area (Å²) < 4.78 is 6.15. The van der Waals surface area contributed by atoms with Crippen molar-refractivity contribution in [1.82, 2.24) is 5.32 Å². The van der Waals surface area contributed by atoms with Crippen molar-refractivity contribution in [2.75, 3.05) is 0 Å². The predicted octanol–water partition coefficient (Wildman–Crippen LogP) is 4.56. The first-order chi connectivity index (χ1) is 8.69. The summed E-state index contributed by atoms with van der Waals surface area (Å²) in [6, 6.07) is 5.58. The summed E-state index contributed by atoms with van der Waals surface area (Å²) in [6.07, 6.45) is 0.225. The van der Waals surface area contributed by atoms with Crippen molar-refractivity contribution in [3.05, 3.63) is 33.3 Å². The molecule has 1 N–H and O–H groups in total. The number of carbonyl (C=O) groups excluding carboxylic acids is 1. The largest absolute Gasteiger partial charge is 0.444 e. The molecule has 5 heteroatoms. The molecule has 0 aliphatic carbocycles. The summed E-state index contributed by atoms with van der Waals surface area (Å²) in [5.41, 5.74) is 0.488. The Morgan fingerprint density at radius 1 is 1.47 bits per heavy atom. The minimum absolute atomic E-state index is 0.0638. The van der Waals surface area contributed by atoms with E-state index in [0.29, 0.717) is 11.4 Å². The van der Waals surface area contributed by atoms with Crippen molar-refractivity contribution in [3.8, 4) is 0 Å². The molecule has 0 fully saturated rings. The lowest BCUT2D eigenvalue weighted by molar-refractivity contribution is 0.0508. The zero-order valence-corrected chi connectivity index (χ0v) is 13.9. The molecular formula is C14H19BrClNO2. The highest BCUT2D eigenvalue weighted by Gasteiger charge is 2.18. The Balaban J connectivity index is 2.61. The van der Waals surface area contributed by atoms with Crippen molar-refractivity contribution in [3.63, 3.8) is 0 Å². The molecule has 0 radical (unpaired) electrons. The first-order valence-electron chi connectivity index (χ1n) is 6.11. The Morgan fingerprint density at radius 3 is 2.63 bits per heavy atom. The molecule has 0 saturated carbocycles. The highest BCUT2D eigenvalue weighted by atomic mass is 79.9. The lowest BCUT2D eigenvalue weighted by Gasteiger charge is -2.22. The van der Waals surface area contributed by atoms with Gasteiger partial charge in [-0.15, -0.1) is 0 Å². The van der Waals surface area contributed by atoms with Gasteiger partial charge in [0.2, 0.25) is 0 Å². The fourth-order valence-electron chi connectivity index (χ4n) is 1.59. The topological polar surface area (TPSA) is 38.3 Å². The average Bonchev–Trinajstić information content (AvgIpc) is 2.20. The fourth-order valence-corrected chi connectivity index (χ4v) is 2.49. The number of hydrogen-bond donors (Lipinski definition) is 1. The molecule has 0 heterocycles. The summed E-state index contributed by atoms with van der Waals surface area (Å²) >= 11 is 9.60. The van der Waals surface area contributed by atoms with Gasteiger partial charge in [-0.1, -0.05) is 33.6 Å². The number of carbonyl (C=O) groups is 1. The number of halogens is 2. The quantitative estimate of drug-likeness (QED) is 0.869. The number of ether oxygens (including phenoxy) is 1. The van der Waals surface area contributed by atoms with Gasteiger partial charge < -0.3 is 10.1 Å². The Bertz CT molecular complexity index is 437. The van der Waals surface area contributed by atoms with E-state index in [1.165, 1.54) is 0 Å². The van der Waals surface area contributed by atoms with Crippen molar-refractivity contribution in [1.29, 1.82) is 0 Å². The number of benzene rings is 1. The molecule has 1 rings (SSSR count). The van der Waals surface area contributed by atoms with Gasteiger partial charge in [-0.3, -0.25) is 0 Å². The summed E-state index contributed by atoms with van der Waals surface area (Å²) in [5, 5.41) is 3.49. The van der Waals surface area contributed by atoms with Crippen LogP contribution >= 0.6 is 27.5 Å². The van der Waals surface area contributed by atoms with Crippen molar-refractivity contribution in [2.45, 2.75) is 45.8 Å². The fraction of sp³-hybridized carbons (Fsp3) is 0.500. The van der Waals surface area contributed by atoms with Gasteiger partial charge in [0.25, 0.3) is 0 Å². The Labute approximate surface area is 127 Å². The van der Waals surface area contributed by atoms with Crippen LogP contribution in [0.1, 0.15) is 33.3 Å². The van der Waals surface area contributed by atoms with Crippen LogP contribution in [0.15, 0.2) is 22.7 Å². The van der Waals surface area contributed by atoms with Crippen LogP contribution in [0.4, 0.5) is 4.79 Å². The maximum atomic E-state index is 11.7. The van der Waals surface area contributed by atoms with Gasteiger partial charge in [-0.05, 0) is 51.8 Å². The first-order valence-corrected chi connectivity index (χ1v) is 7.28. The van der Waals surface area contributed by atoms with Gasteiger partial charge in [-0.2, -0.15) is 0 Å². The summed E-state index contributed by atoms with van der Waals surface area (Å²) in [6.45, 7) is 7.42. The monoisotopic (exact) mass is 347 g/mol. The van der Waals surface area contributed by atoms with Gasteiger partial charge >= 0.3 is 6.09 Å². The van der Waals surface area contributed by atoms with E-state index in [1.54, 1.807) is 0 Å². The zero-order chi connectivity index (χ0) is 14.6. The molecule has 0 aromatic heterocycles. The van der Waals surface area contributed by atoms with Gasteiger partial charge in [-0.25, -0.2) is 4.79 Å². The van der Waals surface area contributed by atoms with E-state index in [9.17, 15) is 4.79 Å². The lowest BCUT2D eigenvalue weighted by Crippen LogP contribution is -2.38. The van der Waals surface area contributed by atoms with E-state index in [4.69, 9.17) is 16.3 Å². The van der Waals surface area contributed by atoms with Gasteiger partial charge in [0, 0.05) is 15.5 Å². The Hall–Kier alpha value is -0.740. The van der Waals surface area contributed by atoms with Crippen LogP contribution in [-0.4, -0.2) is 17.7 Å². The van der Waals surface area contributed by atoms with E-state index in [-0.39, 0.29) is 6.04 Å². The summed E-state index contributed by atoms with van der Waals surface area (Å²) in [5.74, 6) is 0. The third-order valence-corrected chi connectivity index (χ3v) is 3.43. The van der Waals surface area contributed by atoms with Gasteiger partial charge in [0.1, 0.15) is 5.60 Å². The van der Waals surface area contributed by atoms with E-state index in [2.05, 4.69) is 21.2 Å². The van der Waals surface area contributed by atoms with Crippen LogP contribution in [0.5, 0.6) is 0 Å². The molecule has 3 nitrogen and oxygen atoms in total. The van der Waals surface area contributed by atoms with Crippen molar-refractivity contribution in [2.24, 2.45) is 0 Å². The molecule has 19 heavy (non-hydrogen) atoms. The van der Waals surface area contributed by atoms with E-state index in [0.717, 1.165) is 10.0 Å². The number of rotatable bonds is 3. The lowest BCUT2D eigenvalue weighted by atomic mass is 10.1. The van der Waals surface area contributed by atoms with Gasteiger partial charge in [0.15, 0.2) is 0 Å². The average molecular weight is 349 g/mol. The van der Waals surface area contributed by atoms with E-state index in [1.807, 2.05) is 45.9 Å². The highest BCUT2D eigenvalue weighted by molar-refractivity contribution is 9.10. The van der Waals surface area contributed by atoms with Crippen LogP contribution in [0.25, 0.3) is 0 Å². The Morgan fingerprint density at radius 2 is 2.11 bits per heavy atom. The Kier molecular flexibility index (Phi) is 5.68. The normalized spacial score (nSPS) is 12.9. The number of nitrogens with one attached hydrogen (secondary N) is 1. The third-order valence-electron chi connectivity index (χ3n) is 2.34. The molecule has 1 atom stereocenters. The van der Waals surface area contributed by atoms with E-state index < -0.39 is 11.7 Å². The van der Waals surface area contributed by atoms with Crippen LogP contribution < -0.4 is 5.32 Å². The maximum absolute atomic E-state index is 11.7. The third kappa shape index (κ3) is 5.83. The number of alkyl carbamates (subject to hydrolysis) is 1. The summed E-state index contributed by atoms with van der Waals surface area (Å²) in [7, 11) is 0.